The van der Waals surface area contributed by atoms with Gasteiger partial charge in [-0.15, -0.1) is 11.3 Å². The lowest BCUT2D eigenvalue weighted by molar-refractivity contribution is 0.267. The second-order valence-electron chi connectivity index (χ2n) is 2.96. The first-order valence-corrected chi connectivity index (χ1v) is 5.30. The van der Waals surface area contributed by atoms with Crippen molar-refractivity contribution in [1.82, 2.24) is 5.16 Å². The van der Waals surface area contributed by atoms with Gasteiger partial charge in [0.1, 0.15) is 5.69 Å². The van der Waals surface area contributed by atoms with E-state index < -0.39 is 0 Å². The van der Waals surface area contributed by atoms with Crippen LogP contribution in [0.2, 0.25) is 0 Å². The normalized spacial score (nSPS) is 10.7. The van der Waals surface area contributed by atoms with Gasteiger partial charge < -0.3 is 9.63 Å². The van der Waals surface area contributed by atoms with Crippen LogP contribution in [0.1, 0.15) is 17.5 Å². The van der Waals surface area contributed by atoms with Crippen LogP contribution < -0.4 is 0 Å². The lowest BCUT2D eigenvalue weighted by Gasteiger charge is -1.86. The number of aromatic nitrogens is 1. The highest BCUT2D eigenvalue weighted by Gasteiger charge is 2.08. The van der Waals surface area contributed by atoms with Crippen molar-refractivity contribution < 1.29 is 9.63 Å². The molecule has 0 aliphatic heterocycles. The topological polar surface area (TPSA) is 46.3 Å². The van der Waals surface area contributed by atoms with Gasteiger partial charge in [-0.25, -0.2) is 0 Å². The maximum absolute atomic E-state index is 8.83. The molecular formula is C10H11NO2S. The molecule has 0 fully saturated rings. The Kier molecular flexibility index (Phi) is 2.65. The first kappa shape index (κ1) is 9.43. The molecule has 0 bridgehead atoms. The van der Waals surface area contributed by atoms with E-state index >= 15 is 0 Å². The van der Waals surface area contributed by atoms with Gasteiger partial charge in [0.05, 0.1) is 11.5 Å². The zero-order valence-electron chi connectivity index (χ0n) is 7.86. The van der Waals surface area contributed by atoms with Crippen molar-refractivity contribution in [2.75, 3.05) is 0 Å². The van der Waals surface area contributed by atoms with E-state index in [1.54, 1.807) is 17.4 Å². The number of thiophene rings is 1. The molecule has 0 spiro atoms. The van der Waals surface area contributed by atoms with Gasteiger partial charge in [0.2, 0.25) is 0 Å². The van der Waals surface area contributed by atoms with E-state index in [0.717, 1.165) is 17.1 Å². The summed E-state index contributed by atoms with van der Waals surface area (Å²) in [7, 11) is 0. The molecule has 2 aromatic heterocycles. The molecule has 0 saturated carbocycles. The zero-order chi connectivity index (χ0) is 9.97. The number of rotatable bonds is 3. The SMILES string of the molecule is CCc1ccc(-c2cc(CO)no2)s1. The minimum Gasteiger partial charge on any atom is -0.390 e. The Bertz CT molecular complexity index is 379. The highest BCUT2D eigenvalue weighted by atomic mass is 32.1. The third-order valence-corrected chi connectivity index (χ3v) is 3.22. The van der Waals surface area contributed by atoms with Crippen molar-refractivity contribution in [2.24, 2.45) is 0 Å². The lowest BCUT2D eigenvalue weighted by atomic mass is 10.3. The standard InChI is InChI=1S/C10H11NO2S/c1-2-8-3-4-10(14-8)9-5-7(6-12)11-13-9/h3-5,12H,2,6H2,1H3. The van der Waals surface area contributed by atoms with Crippen LogP contribution in [0.25, 0.3) is 10.6 Å². The Labute approximate surface area is 86.0 Å². The minimum absolute atomic E-state index is 0.0739. The first-order valence-electron chi connectivity index (χ1n) is 4.49. The summed E-state index contributed by atoms with van der Waals surface area (Å²) in [6.07, 6.45) is 1.03. The molecule has 0 aliphatic carbocycles. The summed E-state index contributed by atoms with van der Waals surface area (Å²) in [6.45, 7) is 2.05. The summed E-state index contributed by atoms with van der Waals surface area (Å²) in [5.41, 5.74) is 0.575. The minimum atomic E-state index is -0.0739. The largest absolute Gasteiger partial charge is 0.390 e. The average Bonchev–Trinajstić information content (AvgIpc) is 2.86. The molecule has 0 aromatic carbocycles. The molecule has 2 aromatic rings. The van der Waals surface area contributed by atoms with E-state index in [1.807, 2.05) is 6.07 Å². The molecule has 3 nitrogen and oxygen atoms in total. The first-order chi connectivity index (χ1) is 6.83. The van der Waals surface area contributed by atoms with E-state index in [4.69, 9.17) is 9.63 Å². The van der Waals surface area contributed by atoms with E-state index in [-0.39, 0.29) is 6.61 Å². The molecular weight excluding hydrogens is 198 g/mol. The Balaban J connectivity index is 2.29. The van der Waals surface area contributed by atoms with Crippen LogP contribution >= 0.6 is 11.3 Å². The zero-order valence-corrected chi connectivity index (χ0v) is 8.67. The Morgan fingerprint density at radius 2 is 2.36 bits per heavy atom. The number of hydrogen-bond acceptors (Lipinski definition) is 4. The van der Waals surface area contributed by atoms with Crippen molar-refractivity contribution in [3.05, 3.63) is 28.8 Å². The van der Waals surface area contributed by atoms with Gasteiger partial charge in [-0.3, -0.25) is 0 Å². The number of aryl methyl sites for hydroxylation is 1. The predicted octanol–water partition coefficient (Wildman–Crippen LogP) is 2.46. The van der Waals surface area contributed by atoms with Gasteiger partial charge in [0.25, 0.3) is 0 Å². The second-order valence-corrected chi connectivity index (χ2v) is 4.13. The maximum atomic E-state index is 8.83. The highest BCUT2D eigenvalue weighted by molar-refractivity contribution is 7.15. The highest BCUT2D eigenvalue weighted by Crippen LogP contribution is 2.28. The molecule has 0 atom stereocenters. The van der Waals surface area contributed by atoms with Crippen LogP contribution in [0.5, 0.6) is 0 Å². The predicted molar refractivity (Wildman–Crippen MR) is 55.1 cm³/mol. The van der Waals surface area contributed by atoms with E-state index in [0.29, 0.717) is 5.69 Å². The van der Waals surface area contributed by atoms with Crippen LogP contribution in [0, 0.1) is 0 Å². The quantitative estimate of drug-likeness (QED) is 0.844. The third kappa shape index (κ3) is 1.71. The van der Waals surface area contributed by atoms with Crippen molar-refractivity contribution in [1.29, 1.82) is 0 Å². The van der Waals surface area contributed by atoms with Gasteiger partial charge >= 0.3 is 0 Å². The van der Waals surface area contributed by atoms with E-state index in [9.17, 15) is 0 Å². The molecule has 0 radical (unpaired) electrons. The molecule has 14 heavy (non-hydrogen) atoms. The van der Waals surface area contributed by atoms with Gasteiger partial charge in [-0.1, -0.05) is 12.1 Å². The van der Waals surface area contributed by atoms with Crippen LogP contribution in [0.4, 0.5) is 0 Å². The van der Waals surface area contributed by atoms with E-state index in [2.05, 4.69) is 18.1 Å². The Morgan fingerprint density at radius 3 is 2.93 bits per heavy atom. The summed E-state index contributed by atoms with van der Waals surface area (Å²) in [5.74, 6) is 0.735. The van der Waals surface area contributed by atoms with Gasteiger partial charge in [0, 0.05) is 10.9 Å². The summed E-state index contributed by atoms with van der Waals surface area (Å²) in [6, 6.07) is 5.87. The molecule has 0 saturated heterocycles. The molecule has 0 unspecified atom stereocenters. The fraction of sp³-hybridized carbons (Fsp3) is 0.300. The van der Waals surface area contributed by atoms with Crippen LogP contribution in [-0.2, 0) is 13.0 Å². The Hall–Kier alpha value is -1.13. The maximum Gasteiger partial charge on any atom is 0.177 e. The summed E-state index contributed by atoms with van der Waals surface area (Å²) < 4.78 is 5.10. The number of aliphatic hydroxyl groups excluding tert-OH is 1. The average molecular weight is 209 g/mol. The van der Waals surface area contributed by atoms with Gasteiger partial charge in [0.15, 0.2) is 5.76 Å². The number of nitrogens with zero attached hydrogens (tertiary/aromatic N) is 1. The summed E-state index contributed by atoms with van der Waals surface area (Å²) >= 11 is 1.69. The second kappa shape index (κ2) is 3.94. The van der Waals surface area contributed by atoms with Crippen LogP contribution in [-0.4, -0.2) is 10.3 Å². The molecule has 2 heterocycles. The Morgan fingerprint density at radius 1 is 1.50 bits per heavy atom. The van der Waals surface area contributed by atoms with Gasteiger partial charge in [-0.05, 0) is 18.6 Å². The smallest absolute Gasteiger partial charge is 0.177 e. The summed E-state index contributed by atoms with van der Waals surface area (Å²) in [4.78, 5) is 2.39. The molecule has 2 rings (SSSR count). The number of hydrogen-bond donors (Lipinski definition) is 1. The van der Waals surface area contributed by atoms with Crippen molar-refractivity contribution >= 4 is 11.3 Å². The fourth-order valence-electron chi connectivity index (χ4n) is 1.20. The van der Waals surface area contributed by atoms with Gasteiger partial charge in [-0.2, -0.15) is 0 Å². The number of aliphatic hydroxyl groups is 1. The third-order valence-electron chi connectivity index (χ3n) is 1.97. The fourth-order valence-corrected chi connectivity index (χ4v) is 2.10. The molecule has 4 heteroatoms. The molecule has 74 valence electrons. The lowest BCUT2D eigenvalue weighted by Crippen LogP contribution is -1.78. The molecule has 0 amide bonds. The van der Waals surface area contributed by atoms with Crippen LogP contribution in [0.15, 0.2) is 22.7 Å². The summed E-state index contributed by atoms with van der Waals surface area (Å²) in [5, 5.41) is 12.6. The van der Waals surface area contributed by atoms with Crippen molar-refractivity contribution in [3.63, 3.8) is 0 Å². The molecule has 0 aliphatic rings. The van der Waals surface area contributed by atoms with Crippen molar-refractivity contribution in [3.8, 4) is 10.6 Å². The van der Waals surface area contributed by atoms with Crippen molar-refractivity contribution in [2.45, 2.75) is 20.0 Å². The monoisotopic (exact) mass is 209 g/mol. The van der Waals surface area contributed by atoms with Crippen LogP contribution in [0.3, 0.4) is 0 Å². The van der Waals surface area contributed by atoms with E-state index in [1.165, 1.54) is 4.88 Å². The molecule has 1 N–H and O–H groups in total.